The first kappa shape index (κ1) is 13.0. The Labute approximate surface area is 84.3 Å². The van der Waals surface area contributed by atoms with Crippen molar-refractivity contribution in [2.24, 2.45) is 5.92 Å². The summed E-state index contributed by atoms with van der Waals surface area (Å²) in [4.78, 5) is 0. The second kappa shape index (κ2) is 8.55. The van der Waals surface area contributed by atoms with Gasteiger partial charge in [-0.05, 0) is 25.3 Å². The molecule has 0 heterocycles. The minimum absolute atomic E-state index is 0.764. The van der Waals surface area contributed by atoms with Crippen LogP contribution in [0.4, 0.5) is 0 Å². The van der Waals surface area contributed by atoms with Crippen molar-refractivity contribution < 1.29 is 0 Å². The highest BCUT2D eigenvalue weighted by molar-refractivity contribution is 4.69. The standard InChI is InChI=1S/C12H27N/c1-5-9-12(13-8-4)10-11(6-2)7-3/h11-13H,5-10H2,1-4H3. The van der Waals surface area contributed by atoms with E-state index < -0.39 is 0 Å². The number of hydrogen-bond acceptors (Lipinski definition) is 1. The van der Waals surface area contributed by atoms with Crippen LogP contribution in [0.3, 0.4) is 0 Å². The summed E-state index contributed by atoms with van der Waals surface area (Å²) >= 11 is 0. The number of rotatable bonds is 8. The van der Waals surface area contributed by atoms with Gasteiger partial charge in [0, 0.05) is 6.04 Å². The highest BCUT2D eigenvalue weighted by Gasteiger charge is 2.11. The SMILES string of the molecule is CCCC(CC(CC)CC)NCC. The molecular formula is C12H27N. The summed E-state index contributed by atoms with van der Waals surface area (Å²) < 4.78 is 0. The lowest BCUT2D eigenvalue weighted by Gasteiger charge is -2.22. The van der Waals surface area contributed by atoms with Crippen molar-refractivity contribution in [1.82, 2.24) is 5.32 Å². The van der Waals surface area contributed by atoms with Crippen LogP contribution < -0.4 is 5.32 Å². The second-order valence-electron chi connectivity index (χ2n) is 3.96. The molecule has 0 aliphatic carbocycles. The molecule has 1 heteroatoms. The van der Waals surface area contributed by atoms with Gasteiger partial charge in [-0.3, -0.25) is 0 Å². The van der Waals surface area contributed by atoms with Crippen molar-refractivity contribution in [1.29, 1.82) is 0 Å². The van der Waals surface area contributed by atoms with Crippen molar-refractivity contribution >= 4 is 0 Å². The maximum absolute atomic E-state index is 3.58. The zero-order valence-corrected chi connectivity index (χ0v) is 9.90. The smallest absolute Gasteiger partial charge is 0.00694 e. The average molecular weight is 185 g/mol. The molecule has 0 aromatic rings. The first-order chi connectivity index (χ1) is 6.28. The molecule has 0 aliphatic heterocycles. The largest absolute Gasteiger partial charge is 0.314 e. The summed E-state index contributed by atoms with van der Waals surface area (Å²) in [5, 5.41) is 3.58. The van der Waals surface area contributed by atoms with Gasteiger partial charge in [-0.15, -0.1) is 0 Å². The van der Waals surface area contributed by atoms with Gasteiger partial charge in [-0.2, -0.15) is 0 Å². The zero-order chi connectivity index (χ0) is 10.1. The highest BCUT2D eigenvalue weighted by atomic mass is 14.9. The normalized spacial score (nSPS) is 13.6. The van der Waals surface area contributed by atoms with Crippen molar-refractivity contribution in [2.45, 2.75) is 65.8 Å². The molecule has 0 saturated carbocycles. The molecule has 0 spiro atoms. The van der Waals surface area contributed by atoms with Gasteiger partial charge in [-0.25, -0.2) is 0 Å². The molecule has 0 saturated heterocycles. The molecule has 80 valence electrons. The number of hydrogen-bond donors (Lipinski definition) is 1. The van der Waals surface area contributed by atoms with Crippen molar-refractivity contribution in [3.8, 4) is 0 Å². The fourth-order valence-electron chi connectivity index (χ4n) is 1.96. The van der Waals surface area contributed by atoms with E-state index in [1.54, 1.807) is 0 Å². The molecule has 1 nitrogen and oxygen atoms in total. The van der Waals surface area contributed by atoms with Crippen LogP contribution >= 0.6 is 0 Å². The molecule has 0 radical (unpaired) electrons. The van der Waals surface area contributed by atoms with E-state index in [1.807, 2.05) is 0 Å². The quantitative estimate of drug-likeness (QED) is 0.609. The molecule has 0 rings (SSSR count). The van der Waals surface area contributed by atoms with E-state index in [4.69, 9.17) is 0 Å². The van der Waals surface area contributed by atoms with Crippen molar-refractivity contribution in [3.05, 3.63) is 0 Å². The molecule has 0 bridgehead atoms. The Hall–Kier alpha value is -0.0400. The van der Waals surface area contributed by atoms with Crippen LogP contribution in [0.2, 0.25) is 0 Å². The van der Waals surface area contributed by atoms with Crippen LogP contribution in [-0.2, 0) is 0 Å². The molecule has 1 unspecified atom stereocenters. The summed E-state index contributed by atoms with van der Waals surface area (Å²) in [6.07, 6.45) is 6.68. The molecule has 0 aliphatic rings. The first-order valence-corrected chi connectivity index (χ1v) is 6.01. The third-order valence-electron chi connectivity index (χ3n) is 2.90. The minimum Gasteiger partial charge on any atom is -0.314 e. The summed E-state index contributed by atoms with van der Waals surface area (Å²) in [6.45, 7) is 10.2. The van der Waals surface area contributed by atoms with Crippen molar-refractivity contribution in [3.63, 3.8) is 0 Å². The van der Waals surface area contributed by atoms with Gasteiger partial charge >= 0.3 is 0 Å². The van der Waals surface area contributed by atoms with Crippen LogP contribution in [0.5, 0.6) is 0 Å². The van der Waals surface area contributed by atoms with Crippen LogP contribution in [0, 0.1) is 5.92 Å². The Kier molecular flexibility index (Phi) is 8.53. The Morgan fingerprint density at radius 3 is 2.00 bits per heavy atom. The monoisotopic (exact) mass is 185 g/mol. The Morgan fingerprint density at radius 1 is 1.00 bits per heavy atom. The zero-order valence-electron chi connectivity index (χ0n) is 9.90. The third kappa shape index (κ3) is 6.09. The fraction of sp³-hybridized carbons (Fsp3) is 1.00. The van der Waals surface area contributed by atoms with Crippen LogP contribution in [-0.4, -0.2) is 12.6 Å². The lowest BCUT2D eigenvalue weighted by Crippen LogP contribution is -2.30. The Morgan fingerprint density at radius 2 is 1.62 bits per heavy atom. The second-order valence-corrected chi connectivity index (χ2v) is 3.96. The predicted octanol–water partition coefficient (Wildman–Crippen LogP) is 3.59. The van der Waals surface area contributed by atoms with Gasteiger partial charge in [-0.1, -0.05) is 47.0 Å². The van der Waals surface area contributed by atoms with Gasteiger partial charge < -0.3 is 5.32 Å². The molecule has 13 heavy (non-hydrogen) atoms. The van der Waals surface area contributed by atoms with Crippen LogP contribution in [0.15, 0.2) is 0 Å². The van der Waals surface area contributed by atoms with Gasteiger partial charge in [0.1, 0.15) is 0 Å². The lowest BCUT2D eigenvalue weighted by atomic mass is 9.93. The van der Waals surface area contributed by atoms with Crippen LogP contribution in [0.1, 0.15) is 59.8 Å². The summed E-state index contributed by atoms with van der Waals surface area (Å²) in [5.74, 6) is 0.926. The predicted molar refractivity (Wildman–Crippen MR) is 61.1 cm³/mol. The lowest BCUT2D eigenvalue weighted by molar-refractivity contribution is 0.354. The topological polar surface area (TPSA) is 12.0 Å². The van der Waals surface area contributed by atoms with E-state index in [9.17, 15) is 0 Å². The van der Waals surface area contributed by atoms with Gasteiger partial charge in [0.2, 0.25) is 0 Å². The molecule has 1 atom stereocenters. The average Bonchev–Trinajstić information content (AvgIpc) is 2.14. The van der Waals surface area contributed by atoms with E-state index in [2.05, 4.69) is 33.0 Å². The molecule has 0 fully saturated rings. The Balaban J connectivity index is 3.76. The van der Waals surface area contributed by atoms with E-state index >= 15 is 0 Å². The van der Waals surface area contributed by atoms with Gasteiger partial charge in [0.15, 0.2) is 0 Å². The fourth-order valence-corrected chi connectivity index (χ4v) is 1.96. The van der Waals surface area contributed by atoms with E-state index in [0.29, 0.717) is 0 Å². The first-order valence-electron chi connectivity index (χ1n) is 6.01. The molecule has 0 amide bonds. The highest BCUT2D eigenvalue weighted by Crippen LogP contribution is 2.17. The molecule has 0 aromatic heterocycles. The summed E-state index contributed by atoms with van der Waals surface area (Å²) in [7, 11) is 0. The van der Waals surface area contributed by atoms with E-state index in [0.717, 1.165) is 18.5 Å². The molecule has 0 aromatic carbocycles. The third-order valence-corrected chi connectivity index (χ3v) is 2.90. The maximum atomic E-state index is 3.58. The van der Waals surface area contributed by atoms with E-state index in [-0.39, 0.29) is 0 Å². The Bertz CT molecular complexity index is 91.3. The van der Waals surface area contributed by atoms with Gasteiger partial charge in [0.05, 0.1) is 0 Å². The maximum Gasteiger partial charge on any atom is 0.00694 e. The van der Waals surface area contributed by atoms with Crippen LogP contribution in [0.25, 0.3) is 0 Å². The van der Waals surface area contributed by atoms with Gasteiger partial charge in [0.25, 0.3) is 0 Å². The minimum atomic E-state index is 0.764. The summed E-state index contributed by atoms with van der Waals surface area (Å²) in [6, 6.07) is 0.764. The molecular weight excluding hydrogens is 158 g/mol. The summed E-state index contributed by atoms with van der Waals surface area (Å²) in [5.41, 5.74) is 0. The molecule has 1 N–H and O–H groups in total. The van der Waals surface area contributed by atoms with E-state index in [1.165, 1.54) is 32.1 Å². The number of nitrogens with one attached hydrogen (secondary N) is 1. The van der Waals surface area contributed by atoms with Crippen molar-refractivity contribution in [2.75, 3.05) is 6.54 Å².